The highest BCUT2D eigenvalue weighted by Gasteiger charge is 2.25. The largest absolute Gasteiger partial charge is 0.487 e. The molecule has 14 rings (SSSR count). The van der Waals surface area contributed by atoms with E-state index in [9.17, 15) is 27.2 Å². The monoisotopic (exact) mass is 1560 g/mol. The molecule has 4 atom stereocenters. The van der Waals surface area contributed by atoms with Gasteiger partial charge in [0.15, 0.2) is 36.5 Å². The molecule has 8 aromatic heterocycles. The van der Waals surface area contributed by atoms with E-state index in [0.717, 1.165) is 75.5 Å². The fraction of sp³-hybridized carbons (Fsp3) is 0.244. The molecule has 0 saturated heterocycles. The van der Waals surface area contributed by atoms with Crippen molar-refractivity contribution in [3.05, 3.63) is 254 Å². The number of carbonyl (C=O) groups is 2. The number of rotatable bonds is 24. The van der Waals surface area contributed by atoms with E-state index in [1.54, 1.807) is 40.0 Å². The Kier molecular flexibility index (Phi) is 23.6. The summed E-state index contributed by atoms with van der Waals surface area (Å²) in [6.07, 6.45) is 8.00. The molecule has 6 aromatic carbocycles. The molecule has 0 aliphatic heterocycles. The van der Waals surface area contributed by atoms with E-state index < -0.39 is 60.3 Å². The van der Waals surface area contributed by atoms with Gasteiger partial charge in [0, 0.05) is 87.7 Å². The molecule has 3 N–H and O–H groups in total. The molecule has 25 nitrogen and oxygen atoms in total. The third-order valence-corrected chi connectivity index (χ3v) is 18.3. The Hall–Kier alpha value is -11.8. The van der Waals surface area contributed by atoms with Crippen molar-refractivity contribution in [3.63, 3.8) is 0 Å². The van der Waals surface area contributed by atoms with Crippen LogP contribution in [0.4, 0.5) is 17.6 Å². The van der Waals surface area contributed by atoms with Crippen molar-refractivity contribution in [2.75, 3.05) is 6.61 Å². The van der Waals surface area contributed by atoms with Crippen LogP contribution in [0.25, 0.3) is 61.2 Å². The zero-order valence-electron chi connectivity index (χ0n) is 62.8. The van der Waals surface area contributed by atoms with Crippen molar-refractivity contribution in [2.24, 2.45) is 14.1 Å². The molecule has 14 aromatic rings. The molecule has 0 fully saturated rings. The number of aromatic nitrogens is 14. The lowest BCUT2D eigenvalue weighted by Crippen LogP contribution is -2.31. The van der Waals surface area contributed by atoms with Gasteiger partial charge in [-0.3, -0.25) is 9.59 Å². The average Bonchev–Trinajstić information content (AvgIpc) is 1.29. The Labute approximate surface area is 645 Å². The van der Waals surface area contributed by atoms with Crippen LogP contribution < -0.4 is 30.2 Å². The lowest BCUT2D eigenvalue weighted by molar-refractivity contribution is -0.132. The van der Waals surface area contributed by atoms with Gasteiger partial charge in [0.2, 0.25) is 5.91 Å². The topological polar surface area (TPSA) is 290 Å². The number of amides is 2. The van der Waals surface area contributed by atoms with Crippen LogP contribution >= 0.6 is 34.8 Å². The van der Waals surface area contributed by atoms with E-state index in [0.29, 0.717) is 84.8 Å². The smallest absolute Gasteiger partial charge is 0.273 e. The maximum absolute atomic E-state index is 14.4. The van der Waals surface area contributed by atoms with Gasteiger partial charge in [-0.15, -0.1) is 0 Å². The number of alkyl halides is 1. The van der Waals surface area contributed by atoms with Crippen LogP contribution in [0.2, 0.25) is 15.1 Å². The second-order valence-electron chi connectivity index (χ2n) is 25.2. The van der Waals surface area contributed by atoms with Gasteiger partial charge < -0.3 is 43.7 Å². The van der Waals surface area contributed by atoms with Crippen LogP contribution in [0.1, 0.15) is 121 Å². The van der Waals surface area contributed by atoms with Gasteiger partial charge >= 0.3 is 0 Å². The van der Waals surface area contributed by atoms with Crippen molar-refractivity contribution >= 4 is 79.3 Å². The highest BCUT2D eigenvalue weighted by molar-refractivity contribution is 6.32. The summed E-state index contributed by atoms with van der Waals surface area (Å²) in [5.41, 5.74) is 9.66. The van der Waals surface area contributed by atoms with Gasteiger partial charge in [0.1, 0.15) is 115 Å². The number of oxazole rings is 2. The lowest BCUT2D eigenvalue weighted by atomic mass is 10.0. The summed E-state index contributed by atoms with van der Waals surface area (Å²) in [6, 6.07) is 25.9. The van der Waals surface area contributed by atoms with Crippen molar-refractivity contribution in [1.82, 2.24) is 85.2 Å². The highest BCUT2D eigenvalue weighted by atomic mass is 35.5. The molecule has 566 valence electrons. The number of nitrogens with zero attached hydrogens (tertiary/aromatic N) is 14. The van der Waals surface area contributed by atoms with Crippen LogP contribution in [0, 0.1) is 45.1 Å². The molecule has 0 bridgehead atoms. The fourth-order valence-corrected chi connectivity index (χ4v) is 12.9. The van der Waals surface area contributed by atoms with Gasteiger partial charge in [-0.2, -0.15) is 15.3 Å². The predicted octanol–water partition coefficient (Wildman–Crippen LogP) is 16.1. The number of aryl methyl sites for hydroxylation is 6. The van der Waals surface area contributed by atoms with Gasteiger partial charge in [0.25, 0.3) is 5.91 Å². The summed E-state index contributed by atoms with van der Waals surface area (Å²) in [7, 11) is 3.65. The number of carbonyl (C=O) groups excluding carboxylic acids is 2. The molecule has 2 amide bonds. The average molecular weight is 1560 g/mol. The maximum atomic E-state index is 14.4. The van der Waals surface area contributed by atoms with Crippen LogP contribution in [-0.4, -0.2) is 94.0 Å². The minimum atomic E-state index is -1.82. The van der Waals surface area contributed by atoms with E-state index in [1.807, 2.05) is 102 Å². The Morgan fingerprint density at radius 3 is 1.48 bits per heavy atom. The van der Waals surface area contributed by atoms with Crippen molar-refractivity contribution in [3.8, 4) is 45.7 Å². The molecule has 0 saturated carbocycles. The predicted molar refractivity (Wildman–Crippen MR) is 404 cm³/mol. The highest BCUT2D eigenvalue weighted by Crippen LogP contribution is 2.39. The number of nitrogens with one attached hydrogen (secondary N) is 3. The zero-order chi connectivity index (χ0) is 79.9. The number of hydrogen-bond donors (Lipinski definition) is 3. The maximum Gasteiger partial charge on any atom is 0.273 e. The molecule has 32 heteroatoms. The number of halogens is 7. The summed E-state index contributed by atoms with van der Waals surface area (Å²) >= 11 is 19.3. The van der Waals surface area contributed by atoms with Gasteiger partial charge in [-0.05, 0) is 145 Å². The molecule has 0 spiro atoms. The fourth-order valence-electron chi connectivity index (χ4n) is 12.1. The second kappa shape index (κ2) is 34.6. The summed E-state index contributed by atoms with van der Waals surface area (Å²) < 4.78 is 112. The van der Waals surface area contributed by atoms with Crippen molar-refractivity contribution < 1.29 is 57.7 Å². The Morgan fingerprint density at radius 1 is 0.555 bits per heavy atom. The first-order valence-electron chi connectivity index (χ1n) is 35.0. The van der Waals surface area contributed by atoms with E-state index in [1.165, 1.54) is 69.1 Å². The molecule has 0 radical (unpaired) electrons. The van der Waals surface area contributed by atoms with E-state index in [-0.39, 0.29) is 52.7 Å². The van der Waals surface area contributed by atoms with Gasteiger partial charge in [-0.1, -0.05) is 71.2 Å². The van der Waals surface area contributed by atoms with E-state index >= 15 is 0 Å². The summed E-state index contributed by atoms with van der Waals surface area (Å²) in [6.45, 7) is 12.8. The molecular formula is C78H72Cl3F4N17O8. The lowest BCUT2D eigenvalue weighted by Gasteiger charge is -2.20. The molecule has 1 unspecified atom stereocenters. The van der Waals surface area contributed by atoms with Crippen LogP contribution in [0.3, 0.4) is 0 Å². The zero-order valence-corrected chi connectivity index (χ0v) is 63.1. The molecule has 0 aliphatic carbocycles. The van der Waals surface area contributed by atoms with Crippen molar-refractivity contribution in [2.45, 2.75) is 106 Å². The summed E-state index contributed by atoms with van der Waals surface area (Å²) in [5.74, 6) is 0.629. The minimum absolute atomic E-state index is 0.00257. The first-order chi connectivity index (χ1) is 53.5. The molecule has 110 heavy (non-hydrogen) atoms. The number of para-hydroxylation sites is 3. The van der Waals surface area contributed by atoms with Crippen LogP contribution in [-0.2, 0) is 50.0 Å². The number of benzene rings is 6. The van der Waals surface area contributed by atoms with Gasteiger partial charge in [-0.25, -0.2) is 71.5 Å². The third kappa shape index (κ3) is 18.2. The van der Waals surface area contributed by atoms with Crippen LogP contribution in [0.15, 0.2) is 162 Å². The Bertz CT molecular complexity index is 5780. The van der Waals surface area contributed by atoms with Gasteiger partial charge in [0.05, 0.1) is 41.3 Å². The quantitative estimate of drug-likeness (QED) is 0.0474. The van der Waals surface area contributed by atoms with E-state index in [2.05, 4.69) is 65.9 Å². The number of ether oxygens (including phenoxy) is 4. The third-order valence-electron chi connectivity index (χ3n) is 17.3. The number of fused-ring (bicyclic) bond motifs is 3. The number of pyridine rings is 3. The molecule has 0 aliphatic rings. The standard InChI is InChI=1S/C26H26ClF2N5O3.C26H22ClFN6O3.C26H24ClFN6O2/c1-14-8-23(34-17(4)30-13-31-34)19-6-5-7-24(26(19)32-14)37-11-21-20(9-18(29)10-22(21)27)15(2)33-25(35)12-36-16(3)28;1-14-7-19(25-29-12-31-34(25)3)17-5-4-6-23(24(17)32-14)37-10-20-18(8-16(28)9-21(20)27)15(2)33-26(35)22-11-36-13-30-22;1-15-7-21(26-30-13-32-34(26)3)19-5-4-6-24(25(19)33-15)36-12-22-20(8-17(28)9-23(22)27)16(2)29-10-18-11-35-14-31-18/h5-10,13,15-16H,11-12H2,1-4H3,(H,33,35);4-9,11-13,15H,10H2,1-3H3,(H,33,35);4-9,11,13-14,16,29H,10,12H2,1-3H3/t15-,16?;15-;16-/m000/s1/i15D;;16D. The molecule has 8 heterocycles. The normalized spacial score (nSPS) is 13.2. The summed E-state index contributed by atoms with van der Waals surface area (Å²) in [4.78, 5) is 59.6. The SMILES string of the molecule is Cc1cc(-c2ncnn2C)c2cccc(OCc3c(Cl)cc(F)cc3[C@H](C)NC(=O)c3cocn3)c2n1.[2H][C@@](C)(NC(=O)COC(C)F)c1cc(F)cc(Cl)c1COc1cccc2c(-n3ncnc3C)cc(C)nc12.[2H][C@@](C)(NCc1cocn1)c1cc(F)cc(Cl)c1COc1cccc2c(-c3ncnn3C)cc(C)nc12. The van der Waals surface area contributed by atoms with Crippen LogP contribution in [0.5, 0.6) is 17.2 Å². The molecular weight excluding hydrogens is 1490 g/mol. The minimum Gasteiger partial charge on any atom is -0.487 e. The first kappa shape index (κ1) is 75.1. The Morgan fingerprint density at radius 2 is 1.02 bits per heavy atom. The second-order valence-corrected chi connectivity index (χ2v) is 26.4. The Balaban J connectivity index is 0.000000156. The first-order valence-corrected chi connectivity index (χ1v) is 35.1. The van der Waals surface area contributed by atoms with E-state index in [4.69, 9.17) is 70.6 Å². The van der Waals surface area contributed by atoms with Crippen molar-refractivity contribution in [1.29, 1.82) is 0 Å². The summed E-state index contributed by atoms with van der Waals surface area (Å²) in [5, 5.41) is 23.8. The number of hydrogen-bond acceptors (Lipinski definition) is 20.